The first-order valence-corrected chi connectivity index (χ1v) is 8.68. The number of halogens is 1. The van der Waals surface area contributed by atoms with Crippen LogP contribution in [0.1, 0.15) is 43.1 Å². The number of nitrogens with one attached hydrogen (secondary N) is 1. The maximum atomic E-state index is 4.55. The minimum atomic E-state index is 0.391. The van der Waals surface area contributed by atoms with Gasteiger partial charge in [-0.3, -0.25) is 4.68 Å². The van der Waals surface area contributed by atoms with Crippen LogP contribution in [0.15, 0.2) is 22.0 Å². The zero-order chi connectivity index (χ0) is 14.7. The highest BCUT2D eigenvalue weighted by Crippen LogP contribution is 2.27. The SMILES string of the molecule is CCc1nn(C)c(CNC(c2cccs2)C(C)C)c1Br. The molecule has 0 bridgehead atoms. The van der Waals surface area contributed by atoms with E-state index in [1.165, 1.54) is 10.6 Å². The van der Waals surface area contributed by atoms with Crippen molar-refractivity contribution in [3.05, 3.63) is 38.3 Å². The van der Waals surface area contributed by atoms with Gasteiger partial charge in [-0.05, 0) is 39.7 Å². The van der Waals surface area contributed by atoms with Crippen LogP contribution in [0.3, 0.4) is 0 Å². The van der Waals surface area contributed by atoms with Gasteiger partial charge in [-0.1, -0.05) is 26.8 Å². The van der Waals surface area contributed by atoms with Gasteiger partial charge < -0.3 is 5.32 Å². The molecule has 0 fully saturated rings. The number of nitrogens with zero attached hydrogens (tertiary/aromatic N) is 2. The smallest absolute Gasteiger partial charge is 0.0767 e. The summed E-state index contributed by atoms with van der Waals surface area (Å²) >= 11 is 5.49. The van der Waals surface area contributed by atoms with Crippen LogP contribution >= 0.6 is 27.3 Å². The number of aromatic nitrogens is 2. The van der Waals surface area contributed by atoms with Crippen LogP contribution in [-0.4, -0.2) is 9.78 Å². The monoisotopic (exact) mass is 355 g/mol. The molecule has 1 N–H and O–H groups in total. The van der Waals surface area contributed by atoms with Crippen LogP contribution in [0.2, 0.25) is 0 Å². The summed E-state index contributed by atoms with van der Waals surface area (Å²) in [6.45, 7) is 7.47. The Hall–Kier alpha value is -0.650. The molecule has 0 aliphatic heterocycles. The van der Waals surface area contributed by atoms with Crippen molar-refractivity contribution in [2.45, 2.75) is 39.8 Å². The molecule has 5 heteroatoms. The van der Waals surface area contributed by atoms with Crippen LogP contribution in [0.5, 0.6) is 0 Å². The van der Waals surface area contributed by atoms with Gasteiger partial charge in [0.2, 0.25) is 0 Å². The zero-order valence-electron chi connectivity index (χ0n) is 12.5. The minimum absolute atomic E-state index is 0.391. The van der Waals surface area contributed by atoms with Crippen molar-refractivity contribution in [3.8, 4) is 0 Å². The molecule has 2 aromatic heterocycles. The number of hydrogen-bond acceptors (Lipinski definition) is 3. The van der Waals surface area contributed by atoms with E-state index >= 15 is 0 Å². The number of rotatable bonds is 6. The third-order valence-electron chi connectivity index (χ3n) is 3.51. The third kappa shape index (κ3) is 3.32. The highest BCUT2D eigenvalue weighted by Gasteiger charge is 2.18. The average molecular weight is 356 g/mol. The molecule has 110 valence electrons. The van der Waals surface area contributed by atoms with Crippen LogP contribution in [-0.2, 0) is 20.0 Å². The van der Waals surface area contributed by atoms with Crippen molar-refractivity contribution >= 4 is 27.3 Å². The molecule has 3 nitrogen and oxygen atoms in total. The van der Waals surface area contributed by atoms with E-state index in [-0.39, 0.29) is 0 Å². The number of thiophene rings is 1. The Kier molecular flexibility index (Phi) is 5.41. The second-order valence-corrected chi connectivity index (χ2v) is 7.07. The van der Waals surface area contributed by atoms with Crippen molar-refractivity contribution in [1.29, 1.82) is 0 Å². The Morgan fingerprint density at radius 1 is 1.45 bits per heavy atom. The van der Waals surface area contributed by atoms with Crippen LogP contribution in [0.25, 0.3) is 0 Å². The van der Waals surface area contributed by atoms with Gasteiger partial charge in [-0.25, -0.2) is 0 Å². The van der Waals surface area contributed by atoms with Crippen molar-refractivity contribution in [2.24, 2.45) is 13.0 Å². The van der Waals surface area contributed by atoms with Gasteiger partial charge in [0.1, 0.15) is 0 Å². The van der Waals surface area contributed by atoms with Gasteiger partial charge >= 0.3 is 0 Å². The summed E-state index contributed by atoms with van der Waals surface area (Å²) in [7, 11) is 2.01. The number of aryl methyl sites for hydroxylation is 2. The third-order valence-corrected chi connectivity index (χ3v) is 5.38. The summed E-state index contributed by atoms with van der Waals surface area (Å²) in [5.41, 5.74) is 2.34. The van der Waals surface area contributed by atoms with Gasteiger partial charge in [0.25, 0.3) is 0 Å². The van der Waals surface area contributed by atoms with E-state index in [0.717, 1.165) is 23.1 Å². The molecular weight excluding hydrogens is 334 g/mol. The molecule has 1 unspecified atom stereocenters. The Morgan fingerprint density at radius 2 is 2.20 bits per heavy atom. The average Bonchev–Trinajstić information content (AvgIpc) is 3.01. The predicted octanol–water partition coefficient (Wildman–Crippen LogP) is 4.29. The molecular formula is C15H22BrN3S. The molecule has 0 aliphatic rings. The van der Waals surface area contributed by atoms with Gasteiger partial charge in [-0.2, -0.15) is 5.10 Å². The standard InChI is InChI=1S/C15H22BrN3S/c1-5-11-14(16)12(19(4)18-11)9-17-15(10(2)3)13-7-6-8-20-13/h6-8,10,15,17H,5,9H2,1-4H3. The summed E-state index contributed by atoms with van der Waals surface area (Å²) < 4.78 is 3.12. The van der Waals surface area contributed by atoms with Gasteiger partial charge in [0, 0.05) is 24.5 Å². The Morgan fingerprint density at radius 3 is 2.70 bits per heavy atom. The lowest BCUT2D eigenvalue weighted by molar-refractivity contribution is 0.410. The normalized spacial score (nSPS) is 13.1. The van der Waals surface area contributed by atoms with E-state index in [1.807, 2.05) is 23.1 Å². The quantitative estimate of drug-likeness (QED) is 0.837. The largest absolute Gasteiger partial charge is 0.303 e. The summed E-state index contributed by atoms with van der Waals surface area (Å²) in [5, 5.41) is 10.4. The maximum Gasteiger partial charge on any atom is 0.0767 e. The highest BCUT2D eigenvalue weighted by molar-refractivity contribution is 9.10. The van der Waals surface area contributed by atoms with E-state index in [4.69, 9.17) is 0 Å². The summed E-state index contributed by atoms with van der Waals surface area (Å²) in [4.78, 5) is 1.40. The second-order valence-electron chi connectivity index (χ2n) is 5.30. The van der Waals surface area contributed by atoms with Crippen LogP contribution in [0.4, 0.5) is 0 Å². The summed E-state index contributed by atoms with van der Waals surface area (Å²) in [6.07, 6.45) is 0.951. The summed E-state index contributed by atoms with van der Waals surface area (Å²) in [6, 6.07) is 4.71. The van der Waals surface area contributed by atoms with E-state index < -0.39 is 0 Å². The van der Waals surface area contributed by atoms with E-state index in [1.54, 1.807) is 0 Å². The Bertz CT molecular complexity index is 546. The molecule has 0 radical (unpaired) electrons. The molecule has 0 saturated carbocycles. The lowest BCUT2D eigenvalue weighted by atomic mass is 10.0. The molecule has 0 aliphatic carbocycles. The number of hydrogen-bond donors (Lipinski definition) is 1. The van der Waals surface area contributed by atoms with E-state index in [2.05, 4.69) is 64.6 Å². The predicted molar refractivity (Wildman–Crippen MR) is 89.0 cm³/mol. The Labute approximate surface area is 133 Å². The van der Waals surface area contributed by atoms with Crippen molar-refractivity contribution in [1.82, 2.24) is 15.1 Å². The molecule has 0 aromatic carbocycles. The molecule has 2 aromatic rings. The highest BCUT2D eigenvalue weighted by atomic mass is 79.9. The van der Waals surface area contributed by atoms with Crippen LogP contribution in [0, 0.1) is 5.92 Å². The molecule has 1 atom stereocenters. The molecule has 0 spiro atoms. The molecule has 0 amide bonds. The Balaban J connectivity index is 2.12. The van der Waals surface area contributed by atoms with Gasteiger partial charge in [0.05, 0.1) is 15.9 Å². The fourth-order valence-corrected chi connectivity index (χ4v) is 4.08. The minimum Gasteiger partial charge on any atom is -0.303 e. The first-order valence-electron chi connectivity index (χ1n) is 7.01. The first-order chi connectivity index (χ1) is 9.54. The van der Waals surface area contributed by atoms with E-state index in [0.29, 0.717) is 12.0 Å². The lowest BCUT2D eigenvalue weighted by Gasteiger charge is -2.21. The molecule has 0 saturated heterocycles. The van der Waals surface area contributed by atoms with Crippen LogP contribution < -0.4 is 5.32 Å². The molecule has 20 heavy (non-hydrogen) atoms. The lowest BCUT2D eigenvalue weighted by Crippen LogP contribution is -2.25. The topological polar surface area (TPSA) is 29.9 Å². The summed E-state index contributed by atoms with van der Waals surface area (Å²) in [5.74, 6) is 0.561. The molecule has 2 heterocycles. The zero-order valence-corrected chi connectivity index (χ0v) is 14.9. The van der Waals surface area contributed by atoms with Crippen molar-refractivity contribution in [2.75, 3.05) is 0 Å². The first kappa shape index (κ1) is 15.7. The maximum absolute atomic E-state index is 4.55. The fraction of sp³-hybridized carbons (Fsp3) is 0.533. The van der Waals surface area contributed by atoms with Gasteiger partial charge in [0.15, 0.2) is 0 Å². The molecule has 2 rings (SSSR count). The second kappa shape index (κ2) is 6.87. The fourth-order valence-electron chi connectivity index (χ4n) is 2.35. The van der Waals surface area contributed by atoms with Crippen molar-refractivity contribution in [3.63, 3.8) is 0 Å². The van der Waals surface area contributed by atoms with Crippen molar-refractivity contribution < 1.29 is 0 Å². The van der Waals surface area contributed by atoms with E-state index in [9.17, 15) is 0 Å². The van der Waals surface area contributed by atoms with Gasteiger partial charge in [-0.15, -0.1) is 11.3 Å².